The molecule has 0 saturated carbocycles. The van der Waals surface area contributed by atoms with Gasteiger partial charge in [0, 0.05) is 12.0 Å². The van der Waals surface area contributed by atoms with Crippen LogP contribution in [0.15, 0.2) is 12.1 Å². The summed E-state index contributed by atoms with van der Waals surface area (Å²) in [6, 6.07) is 3.21. The van der Waals surface area contributed by atoms with E-state index < -0.39 is 5.97 Å². The number of Topliss-reactive ketones (excluding diaryl/α,β-unsaturated/α-hetero) is 1. The van der Waals surface area contributed by atoms with Gasteiger partial charge in [0.2, 0.25) is 0 Å². The summed E-state index contributed by atoms with van der Waals surface area (Å²) in [4.78, 5) is 22.4. The Balaban J connectivity index is 3.36. The quantitative estimate of drug-likeness (QED) is 0.773. The van der Waals surface area contributed by atoms with Crippen molar-refractivity contribution < 1.29 is 14.7 Å². The Morgan fingerprint density at radius 1 is 1.13 bits per heavy atom. The Labute approximate surface area is 88.7 Å². The molecule has 0 spiro atoms. The zero-order valence-corrected chi connectivity index (χ0v) is 9.13. The molecular weight excluding hydrogens is 192 g/mol. The number of carboxylic acid groups (broad SMARTS) is 1. The monoisotopic (exact) mass is 206 g/mol. The molecule has 0 aliphatic heterocycles. The maximum atomic E-state index is 11.5. The van der Waals surface area contributed by atoms with Gasteiger partial charge in [-0.05, 0) is 31.0 Å². The van der Waals surface area contributed by atoms with Gasteiger partial charge in [-0.2, -0.15) is 0 Å². The van der Waals surface area contributed by atoms with Crippen LogP contribution in [-0.2, 0) is 0 Å². The van der Waals surface area contributed by atoms with Gasteiger partial charge in [-0.15, -0.1) is 0 Å². The second-order valence-corrected chi connectivity index (χ2v) is 3.56. The van der Waals surface area contributed by atoms with Gasteiger partial charge in [-0.1, -0.05) is 13.0 Å². The average Bonchev–Trinajstić information content (AvgIpc) is 2.16. The summed E-state index contributed by atoms with van der Waals surface area (Å²) in [6.45, 7) is 5.32. The fourth-order valence-corrected chi connectivity index (χ4v) is 1.57. The van der Waals surface area contributed by atoms with Crippen molar-refractivity contribution in [2.45, 2.75) is 27.2 Å². The van der Waals surface area contributed by atoms with Crippen molar-refractivity contribution in [3.05, 3.63) is 34.4 Å². The van der Waals surface area contributed by atoms with Crippen molar-refractivity contribution in [2.75, 3.05) is 0 Å². The SMILES string of the molecule is CCC(=O)c1cc(C(=O)O)c(C)cc1C. The first-order valence-electron chi connectivity index (χ1n) is 4.85. The van der Waals surface area contributed by atoms with Crippen LogP contribution in [0.25, 0.3) is 0 Å². The first-order chi connectivity index (χ1) is 6.97. The molecule has 0 bridgehead atoms. The minimum atomic E-state index is -0.988. The number of hydrogen-bond donors (Lipinski definition) is 1. The second kappa shape index (κ2) is 4.26. The van der Waals surface area contributed by atoms with Crippen molar-refractivity contribution >= 4 is 11.8 Å². The molecule has 1 aromatic carbocycles. The Hall–Kier alpha value is -1.64. The lowest BCUT2D eigenvalue weighted by Gasteiger charge is -2.07. The molecule has 0 aliphatic rings. The van der Waals surface area contributed by atoms with Crippen molar-refractivity contribution in [3.8, 4) is 0 Å². The van der Waals surface area contributed by atoms with Gasteiger partial charge < -0.3 is 5.11 Å². The summed E-state index contributed by atoms with van der Waals surface area (Å²) in [7, 11) is 0. The van der Waals surface area contributed by atoms with Crippen LogP contribution in [0.4, 0.5) is 0 Å². The molecule has 1 rings (SSSR count). The summed E-state index contributed by atoms with van der Waals surface area (Å²) >= 11 is 0. The van der Waals surface area contributed by atoms with E-state index in [1.54, 1.807) is 19.9 Å². The summed E-state index contributed by atoms with van der Waals surface area (Å²) in [5, 5.41) is 8.92. The number of carbonyl (C=O) groups excluding carboxylic acids is 1. The molecule has 1 aromatic rings. The first-order valence-corrected chi connectivity index (χ1v) is 4.85. The lowest BCUT2D eigenvalue weighted by Crippen LogP contribution is -2.06. The molecule has 0 heterocycles. The lowest BCUT2D eigenvalue weighted by atomic mass is 9.96. The van der Waals surface area contributed by atoms with E-state index in [0.29, 0.717) is 17.5 Å². The highest BCUT2D eigenvalue weighted by Crippen LogP contribution is 2.17. The molecule has 80 valence electrons. The van der Waals surface area contributed by atoms with Gasteiger partial charge >= 0.3 is 5.97 Å². The maximum absolute atomic E-state index is 11.5. The molecule has 0 fully saturated rings. The van der Waals surface area contributed by atoms with E-state index in [4.69, 9.17) is 5.11 Å². The molecule has 0 unspecified atom stereocenters. The van der Waals surface area contributed by atoms with Crippen LogP contribution in [0.3, 0.4) is 0 Å². The van der Waals surface area contributed by atoms with Crippen LogP contribution in [-0.4, -0.2) is 16.9 Å². The fourth-order valence-electron chi connectivity index (χ4n) is 1.57. The van der Waals surface area contributed by atoms with Gasteiger partial charge in [0.1, 0.15) is 0 Å². The normalized spacial score (nSPS) is 10.1. The van der Waals surface area contributed by atoms with Gasteiger partial charge in [0.05, 0.1) is 5.56 Å². The molecule has 0 radical (unpaired) electrons. The molecule has 0 atom stereocenters. The first kappa shape index (κ1) is 11.4. The zero-order chi connectivity index (χ0) is 11.6. The molecule has 3 nitrogen and oxygen atoms in total. The molecule has 0 aromatic heterocycles. The number of ketones is 1. The molecule has 15 heavy (non-hydrogen) atoms. The molecular formula is C12H14O3. The number of hydrogen-bond acceptors (Lipinski definition) is 2. The van der Waals surface area contributed by atoms with E-state index in [9.17, 15) is 9.59 Å². The van der Waals surface area contributed by atoms with Gasteiger partial charge in [-0.3, -0.25) is 4.79 Å². The molecule has 0 aliphatic carbocycles. The van der Waals surface area contributed by atoms with Crippen LogP contribution in [0.2, 0.25) is 0 Å². The summed E-state index contributed by atoms with van der Waals surface area (Å²) in [6.07, 6.45) is 0.392. The van der Waals surface area contributed by atoms with Crippen LogP contribution < -0.4 is 0 Å². The number of carbonyl (C=O) groups is 2. The summed E-state index contributed by atoms with van der Waals surface area (Å²) < 4.78 is 0. The Morgan fingerprint density at radius 2 is 1.67 bits per heavy atom. The van der Waals surface area contributed by atoms with Gasteiger partial charge in [-0.25, -0.2) is 4.79 Å². The smallest absolute Gasteiger partial charge is 0.335 e. The Kier molecular flexibility index (Phi) is 3.24. The predicted molar refractivity (Wildman–Crippen MR) is 57.5 cm³/mol. The number of rotatable bonds is 3. The van der Waals surface area contributed by atoms with Crippen molar-refractivity contribution in [1.82, 2.24) is 0 Å². The average molecular weight is 206 g/mol. The highest BCUT2D eigenvalue weighted by atomic mass is 16.4. The summed E-state index contributed by atoms with van der Waals surface area (Å²) in [5.41, 5.74) is 2.25. The largest absolute Gasteiger partial charge is 0.478 e. The number of aryl methyl sites for hydroxylation is 2. The van der Waals surface area contributed by atoms with Crippen molar-refractivity contribution in [3.63, 3.8) is 0 Å². The maximum Gasteiger partial charge on any atom is 0.335 e. The van der Waals surface area contributed by atoms with Gasteiger partial charge in [0.15, 0.2) is 5.78 Å². The topological polar surface area (TPSA) is 54.4 Å². The Bertz CT molecular complexity index is 419. The highest BCUT2D eigenvalue weighted by Gasteiger charge is 2.13. The van der Waals surface area contributed by atoms with Crippen molar-refractivity contribution in [2.24, 2.45) is 0 Å². The molecule has 3 heteroatoms. The van der Waals surface area contributed by atoms with E-state index >= 15 is 0 Å². The third-order valence-corrected chi connectivity index (χ3v) is 2.42. The van der Waals surface area contributed by atoms with E-state index in [2.05, 4.69) is 0 Å². The van der Waals surface area contributed by atoms with Crippen LogP contribution >= 0.6 is 0 Å². The predicted octanol–water partition coefficient (Wildman–Crippen LogP) is 2.59. The van der Waals surface area contributed by atoms with Crippen molar-refractivity contribution in [1.29, 1.82) is 0 Å². The van der Waals surface area contributed by atoms with E-state index in [1.807, 2.05) is 6.92 Å². The van der Waals surface area contributed by atoms with E-state index in [1.165, 1.54) is 6.07 Å². The van der Waals surface area contributed by atoms with Crippen LogP contribution in [0, 0.1) is 13.8 Å². The standard InChI is InChI=1S/C12H14O3/c1-4-11(13)9-6-10(12(14)15)8(3)5-7(9)2/h5-6H,4H2,1-3H3,(H,14,15). The third-order valence-electron chi connectivity index (χ3n) is 2.42. The van der Waals surface area contributed by atoms with Gasteiger partial charge in [0.25, 0.3) is 0 Å². The van der Waals surface area contributed by atoms with Crippen LogP contribution in [0.1, 0.15) is 45.2 Å². The minimum absolute atomic E-state index is 0.0185. The molecule has 0 amide bonds. The molecule has 1 N–H and O–H groups in total. The second-order valence-electron chi connectivity index (χ2n) is 3.56. The number of carboxylic acids is 1. The zero-order valence-electron chi connectivity index (χ0n) is 9.13. The molecule has 0 saturated heterocycles. The third kappa shape index (κ3) is 2.24. The highest BCUT2D eigenvalue weighted by molar-refractivity contribution is 6.00. The minimum Gasteiger partial charge on any atom is -0.478 e. The van der Waals surface area contributed by atoms with Crippen LogP contribution in [0.5, 0.6) is 0 Å². The van der Waals surface area contributed by atoms with E-state index in [0.717, 1.165) is 5.56 Å². The van der Waals surface area contributed by atoms with E-state index in [-0.39, 0.29) is 11.3 Å². The lowest BCUT2D eigenvalue weighted by molar-refractivity contribution is 0.0696. The Morgan fingerprint density at radius 3 is 2.13 bits per heavy atom. The number of aromatic carboxylic acids is 1. The fraction of sp³-hybridized carbons (Fsp3) is 0.333. The summed E-state index contributed by atoms with van der Waals surface area (Å²) in [5.74, 6) is -1.01. The number of benzene rings is 1.